The molecule has 0 aromatic heterocycles. The van der Waals surface area contributed by atoms with Gasteiger partial charge in [-0.2, -0.15) is 4.99 Å². The van der Waals surface area contributed by atoms with E-state index < -0.39 is 5.91 Å². The molecule has 0 fully saturated rings. The number of hydrogen-bond acceptors (Lipinski definition) is 2. The van der Waals surface area contributed by atoms with Crippen molar-refractivity contribution in [3.8, 4) is 0 Å². The summed E-state index contributed by atoms with van der Waals surface area (Å²) in [6, 6.07) is 19.7. The molecule has 0 radical (unpaired) electrons. The Labute approximate surface area is 123 Å². The molecule has 0 saturated heterocycles. The van der Waals surface area contributed by atoms with Gasteiger partial charge in [-0.15, -0.1) is 0 Å². The van der Waals surface area contributed by atoms with Gasteiger partial charge in [-0.05, 0) is 11.1 Å². The van der Waals surface area contributed by atoms with Gasteiger partial charge in [0, 0.05) is 0 Å². The van der Waals surface area contributed by atoms with Crippen LogP contribution >= 0.6 is 0 Å². The van der Waals surface area contributed by atoms with E-state index in [0.717, 1.165) is 11.1 Å². The van der Waals surface area contributed by atoms with E-state index >= 15 is 0 Å². The van der Waals surface area contributed by atoms with Crippen molar-refractivity contribution in [3.05, 3.63) is 71.8 Å². The standard InChI is InChI=1S/C16H18N4O/c17-16(18)20-14(21)11-19-15(12-7-3-1-4-8-12)13-9-5-2-6-10-13/h1-10,15,19H,11H2,(H4,17,18,20,21). The quantitative estimate of drug-likeness (QED) is 0.567. The van der Waals surface area contributed by atoms with Gasteiger partial charge >= 0.3 is 0 Å². The summed E-state index contributed by atoms with van der Waals surface area (Å²) >= 11 is 0. The third-order valence-corrected chi connectivity index (χ3v) is 2.98. The maximum Gasteiger partial charge on any atom is 0.262 e. The van der Waals surface area contributed by atoms with Crippen LogP contribution in [0.1, 0.15) is 17.2 Å². The number of nitrogens with one attached hydrogen (secondary N) is 1. The van der Waals surface area contributed by atoms with Crippen LogP contribution in [0.25, 0.3) is 0 Å². The zero-order valence-electron chi connectivity index (χ0n) is 11.6. The fourth-order valence-corrected chi connectivity index (χ4v) is 2.09. The topological polar surface area (TPSA) is 93.5 Å². The van der Waals surface area contributed by atoms with E-state index in [1.54, 1.807) is 0 Å². The summed E-state index contributed by atoms with van der Waals surface area (Å²) in [7, 11) is 0. The molecule has 2 aromatic carbocycles. The van der Waals surface area contributed by atoms with Gasteiger partial charge in [0.15, 0.2) is 5.96 Å². The Hall–Kier alpha value is -2.66. The maximum atomic E-state index is 11.6. The lowest BCUT2D eigenvalue weighted by atomic mass is 9.99. The number of carbonyl (C=O) groups excluding carboxylic acids is 1. The summed E-state index contributed by atoms with van der Waals surface area (Å²) in [5.74, 6) is -0.621. The Bertz CT molecular complexity index is 567. The van der Waals surface area contributed by atoms with E-state index in [1.165, 1.54) is 0 Å². The highest BCUT2D eigenvalue weighted by atomic mass is 16.1. The molecule has 5 heteroatoms. The van der Waals surface area contributed by atoms with Crippen molar-refractivity contribution in [1.82, 2.24) is 5.32 Å². The molecule has 0 saturated carbocycles. The second kappa shape index (κ2) is 7.21. The zero-order chi connectivity index (χ0) is 15.1. The molecule has 0 unspecified atom stereocenters. The number of amides is 1. The van der Waals surface area contributed by atoms with Gasteiger partial charge in [-0.1, -0.05) is 60.7 Å². The van der Waals surface area contributed by atoms with Crippen molar-refractivity contribution in [1.29, 1.82) is 0 Å². The van der Waals surface area contributed by atoms with E-state index in [4.69, 9.17) is 11.5 Å². The summed E-state index contributed by atoms with van der Waals surface area (Å²) in [6.07, 6.45) is 0. The molecular weight excluding hydrogens is 264 g/mol. The number of carbonyl (C=O) groups is 1. The molecule has 5 nitrogen and oxygen atoms in total. The number of aliphatic imine (C=N–C) groups is 1. The maximum absolute atomic E-state index is 11.6. The predicted molar refractivity (Wildman–Crippen MR) is 83.5 cm³/mol. The predicted octanol–water partition coefficient (Wildman–Crippen LogP) is 1.17. The van der Waals surface area contributed by atoms with Crippen LogP contribution < -0.4 is 16.8 Å². The summed E-state index contributed by atoms with van der Waals surface area (Å²) in [5.41, 5.74) is 12.5. The van der Waals surface area contributed by atoms with Crippen molar-refractivity contribution in [2.75, 3.05) is 6.54 Å². The van der Waals surface area contributed by atoms with Crippen molar-refractivity contribution in [3.63, 3.8) is 0 Å². The second-order valence-corrected chi connectivity index (χ2v) is 4.57. The molecule has 5 N–H and O–H groups in total. The summed E-state index contributed by atoms with van der Waals surface area (Å²) < 4.78 is 0. The van der Waals surface area contributed by atoms with E-state index in [1.807, 2.05) is 60.7 Å². The average Bonchev–Trinajstić information content (AvgIpc) is 2.49. The van der Waals surface area contributed by atoms with Gasteiger partial charge in [0.1, 0.15) is 0 Å². The van der Waals surface area contributed by atoms with E-state index in [9.17, 15) is 4.79 Å². The first-order valence-corrected chi connectivity index (χ1v) is 6.62. The van der Waals surface area contributed by atoms with Crippen molar-refractivity contribution in [2.45, 2.75) is 6.04 Å². The molecule has 2 rings (SSSR count). The fourth-order valence-electron chi connectivity index (χ4n) is 2.09. The Morgan fingerprint density at radius 3 is 1.86 bits per heavy atom. The number of hydrogen-bond donors (Lipinski definition) is 3. The highest BCUT2D eigenvalue weighted by Crippen LogP contribution is 2.21. The minimum absolute atomic E-state index is 0.0619. The Morgan fingerprint density at radius 1 is 0.952 bits per heavy atom. The van der Waals surface area contributed by atoms with Crippen LogP contribution in [0.4, 0.5) is 0 Å². The van der Waals surface area contributed by atoms with Gasteiger partial charge < -0.3 is 11.5 Å². The fraction of sp³-hybridized carbons (Fsp3) is 0.125. The van der Waals surface area contributed by atoms with Gasteiger partial charge in [-0.25, -0.2) is 0 Å². The largest absolute Gasteiger partial charge is 0.370 e. The van der Waals surface area contributed by atoms with Gasteiger partial charge in [0.05, 0.1) is 12.6 Å². The lowest BCUT2D eigenvalue weighted by Gasteiger charge is -2.19. The molecule has 0 aliphatic rings. The third-order valence-electron chi connectivity index (χ3n) is 2.98. The first-order chi connectivity index (χ1) is 10.2. The van der Waals surface area contributed by atoms with Crippen LogP contribution in [-0.4, -0.2) is 18.4 Å². The Balaban J connectivity index is 2.18. The number of rotatable bonds is 5. The zero-order valence-corrected chi connectivity index (χ0v) is 11.6. The second-order valence-electron chi connectivity index (χ2n) is 4.57. The lowest BCUT2D eigenvalue weighted by Crippen LogP contribution is -2.30. The monoisotopic (exact) mass is 282 g/mol. The highest BCUT2D eigenvalue weighted by Gasteiger charge is 2.14. The Morgan fingerprint density at radius 2 is 1.43 bits per heavy atom. The van der Waals surface area contributed by atoms with E-state index in [0.29, 0.717) is 0 Å². The van der Waals surface area contributed by atoms with Crippen LogP contribution in [-0.2, 0) is 4.79 Å². The average molecular weight is 282 g/mol. The van der Waals surface area contributed by atoms with Crippen LogP contribution in [0.15, 0.2) is 65.7 Å². The normalized spacial score (nSPS) is 10.3. The summed E-state index contributed by atoms with van der Waals surface area (Å²) in [4.78, 5) is 15.1. The minimum Gasteiger partial charge on any atom is -0.370 e. The van der Waals surface area contributed by atoms with Crippen molar-refractivity contribution >= 4 is 11.9 Å². The molecule has 0 bridgehead atoms. The van der Waals surface area contributed by atoms with Gasteiger partial charge in [0.25, 0.3) is 5.91 Å². The molecule has 0 atom stereocenters. The van der Waals surface area contributed by atoms with Gasteiger partial charge in [-0.3, -0.25) is 10.1 Å². The molecule has 0 aliphatic carbocycles. The number of nitrogens with zero attached hydrogens (tertiary/aromatic N) is 1. The smallest absolute Gasteiger partial charge is 0.262 e. The van der Waals surface area contributed by atoms with E-state index in [-0.39, 0.29) is 18.5 Å². The van der Waals surface area contributed by atoms with Crippen molar-refractivity contribution < 1.29 is 4.79 Å². The SMILES string of the molecule is NC(N)=NC(=O)CNC(c1ccccc1)c1ccccc1. The van der Waals surface area contributed by atoms with E-state index in [2.05, 4.69) is 10.3 Å². The summed E-state index contributed by atoms with van der Waals surface area (Å²) in [5, 5.41) is 3.19. The van der Waals surface area contributed by atoms with Crippen LogP contribution in [0.3, 0.4) is 0 Å². The molecular formula is C16H18N4O. The number of guanidine groups is 1. The molecule has 108 valence electrons. The first-order valence-electron chi connectivity index (χ1n) is 6.62. The molecule has 0 spiro atoms. The molecule has 0 aliphatic heterocycles. The highest BCUT2D eigenvalue weighted by molar-refractivity contribution is 5.92. The molecule has 2 aromatic rings. The number of nitrogens with two attached hydrogens (primary N) is 2. The molecule has 21 heavy (non-hydrogen) atoms. The van der Waals surface area contributed by atoms with Crippen LogP contribution in [0.5, 0.6) is 0 Å². The third kappa shape index (κ3) is 4.43. The molecule has 1 amide bonds. The van der Waals surface area contributed by atoms with Crippen molar-refractivity contribution in [2.24, 2.45) is 16.5 Å². The van der Waals surface area contributed by atoms with Crippen LogP contribution in [0, 0.1) is 0 Å². The van der Waals surface area contributed by atoms with Crippen LogP contribution in [0.2, 0.25) is 0 Å². The number of benzene rings is 2. The first kappa shape index (κ1) is 14.7. The molecule has 0 heterocycles. The minimum atomic E-state index is -0.396. The summed E-state index contributed by atoms with van der Waals surface area (Å²) in [6.45, 7) is 0.0619. The van der Waals surface area contributed by atoms with Gasteiger partial charge in [0.2, 0.25) is 0 Å². The Kier molecular flexibility index (Phi) is 5.06. The lowest BCUT2D eigenvalue weighted by molar-refractivity contribution is -0.117.